The lowest BCUT2D eigenvalue weighted by Gasteiger charge is -2.09. The van der Waals surface area contributed by atoms with E-state index in [1.54, 1.807) is 12.1 Å². The molecule has 5 aromatic rings. The predicted molar refractivity (Wildman–Crippen MR) is 116 cm³/mol. The van der Waals surface area contributed by atoms with Gasteiger partial charge in [-0.2, -0.15) is 0 Å². The zero-order valence-corrected chi connectivity index (χ0v) is 14.6. The standard InChI is InChI=1S/C24H18BNO2/c27-25(28)19-12-15-24-22(16-19)21-8-4-5-9-23(21)26(24)20-13-10-18(11-14-20)17-6-2-1-3-7-17/h1-16,27-28H/i4D,5D,8D,9D,12D,15D,16D. The molecule has 2 N–H and O–H groups in total. The summed E-state index contributed by atoms with van der Waals surface area (Å²) in [6.45, 7) is 0. The Morgan fingerprint density at radius 1 is 0.714 bits per heavy atom. The first-order valence-electron chi connectivity index (χ1n) is 12.2. The number of para-hydroxylation sites is 1. The monoisotopic (exact) mass is 370 g/mol. The largest absolute Gasteiger partial charge is 0.488 e. The van der Waals surface area contributed by atoms with Crippen LogP contribution in [0.3, 0.4) is 0 Å². The third kappa shape index (κ3) is 2.71. The fourth-order valence-electron chi connectivity index (χ4n) is 3.35. The minimum absolute atomic E-state index is 0.0152. The van der Waals surface area contributed by atoms with Crippen molar-refractivity contribution < 1.29 is 19.6 Å². The van der Waals surface area contributed by atoms with Gasteiger partial charge in [0, 0.05) is 16.5 Å². The third-order valence-corrected chi connectivity index (χ3v) is 4.67. The second-order valence-electron chi connectivity index (χ2n) is 6.36. The average Bonchev–Trinajstić information content (AvgIpc) is 3.22. The molecule has 0 amide bonds. The summed E-state index contributed by atoms with van der Waals surface area (Å²) in [5, 5.41) is 19.5. The Kier molecular flexibility index (Phi) is 2.59. The van der Waals surface area contributed by atoms with Gasteiger partial charge in [0.05, 0.1) is 20.6 Å². The van der Waals surface area contributed by atoms with Crippen LogP contribution in [0, 0.1) is 0 Å². The van der Waals surface area contributed by atoms with Crippen molar-refractivity contribution in [2.24, 2.45) is 0 Å². The molecule has 0 atom stereocenters. The molecule has 0 bridgehead atoms. The molecule has 28 heavy (non-hydrogen) atoms. The van der Waals surface area contributed by atoms with Crippen LogP contribution in [0.4, 0.5) is 0 Å². The van der Waals surface area contributed by atoms with Crippen LogP contribution in [0.15, 0.2) is 96.9 Å². The van der Waals surface area contributed by atoms with Crippen LogP contribution in [0.2, 0.25) is 0 Å². The fourth-order valence-corrected chi connectivity index (χ4v) is 3.35. The Labute approximate surface area is 173 Å². The van der Waals surface area contributed by atoms with Crippen LogP contribution in [0.25, 0.3) is 38.6 Å². The van der Waals surface area contributed by atoms with Crippen molar-refractivity contribution in [2.75, 3.05) is 0 Å². The SMILES string of the molecule is [2H]c1c([2H])c([2H])c2c(c1[2H])c1c([2H])c(B(O)O)c([2H])c([2H])c1n2-c1ccc(-c2ccccc2)cc1. The smallest absolute Gasteiger partial charge is 0.423 e. The third-order valence-electron chi connectivity index (χ3n) is 4.67. The molecule has 5 rings (SSSR count). The molecule has 0 saturated heterocycles. The van der Waals surface area contributed by atoms with Crippen LogP contribution >= 0.6 is 0 Å². The molecule has 0 radical (unpaired) electrons. The Morgan fingerprint density at radius 2 is 1.39 bits per heavy atom. The molecule has 0 unspecified atom stereocenters. The molecule has 4 heteroatoms. The Bertz CT molecular complexity index is 1630. The lowest BCUT2D eigenvalue weighted by molar-refractivity contribution is 0.426. The second-order valence-corrected chi connectivity index (χ2v) is 6.36. The zero-order chi connectivity index (χ0) is 25.2. The highest BCUT2D eigenvalue weighted by Crippen LogP contribution is 2.32. The highest BCUT2D eigenvalue weighted by molar-refractivity contribution is 6.59. The summed E-state index contributed by atoms with van der Waals surface area (Å²) in [7, 11) is -2.19. The highest BCUT2D eigenvalue weighted by Gasteiger charge is 2.16. The summed E-state index contributed by atoms with van der Waals surface area (Å²) in [5.41, 5.74) is 1.94. The molecule has 4 aromatic carbocycles. The number of fused-ring (bicyclic) bond motifs is 3. The number of aromatic nitrogens is 1. The summed E-state index contributed by atoms with van der Waals surface area (Å²) >= 11 is 0. The van der Waals surface area contributed by atoms with Gasteiger partial charge in [-0.3, -0.25) is 0 Å². The molecule has 0 spiro atoms. The lowest BCUT2D eigenvalue weighted by atomic mass is 9.80. The van der Waals surface area contributed by atoms with Crippen molar-refractivity contribution in [1.29, 1.82) is 0 Å². The molecule has 1 heterocycles. The van der Waals surface area contributed by atoms with Crippen molar-refractivity contribution in [3.8, 4) is 16.8 Å². The van der Waals surface area contributed by atoms with Crippen LogP contribution in [-0.2, 0) is 0 Å². The maximum absolute atomic E-state index is 9.80. The number of hydrogen-bond acceptors (Lipinski definition) is 2. The molecule has 134 valence electrons. The van der Waals surface area contributed by atoms with Crippen molar-refractivity contribution in [2.45, 2.75) is 0 Å². The van der Waals surface area contributed by atoms with Gasteiger partial charge < -0.3 is 14.6 Å². The first kappa shape index (κ1) is 10.9. The topological polar surface area (TPSA) is 45.4 Å². The molecule has 1 aromatic heterocycles. The van der Waals surface area contributed by atoms with Gasteiger partial charge in [0.25, 0.3) is 0 Å². The molecular weight excluding hydrogens is 345 g/mol. The molecule has 0 aliphatic heterocycles. The van der Waals surface area contributed by atoms with E-state index in [4.69, 9.17) is 9.60 Å². The summed E-state index contributed by atoms with van der Waals surface area (Å²) in [6, 6.07) is 13.6. The van der Waals surface area contributed by atoms with E-state index in [9.17, 15) is 10.0 Å². The maximum Gasteiger partial charge on any atom is 0.488 e. The van der Waals surface area contributed by atoms with Crippen LogP contribution in [-0.4, -0.2) is 21.7 Å². The van der Waals surface area contributed by atoms with E-state index in [0.717, 1.165) is 11.1 Å². The summed E-state index contributed by atoms with van der Waals surface area (Å²) in [5.74, 6) is 0. The van der Waals surface area contributed by atoms with Crippen molar-refractivity contribution in [3.05, 3.63) is 96.9 Å². The average molecular weight is 370 g/mol. The summed E-state index contributed by atoms with van der Waals surface area (Å²) in [4.78, 5) is 0. The van der Waals surface area contributed by atoms with Crippen LogP contribution < -0.4 is 5.46 Å². The molecule has 0 fully saturated rings. The van der Waals surface area contributed by atoms with Gasteiger partial charge in [-0.1, -0.05) is 72.7 Å². The number of benzene rings is 4. The van der Waals surface area contributed by atoms with E-state index < -0.39 is 48.8 Å². The lowest BCUT2D eigenvalue weighted by Crippen LogP contribution is -2.29. The van der Waals surface area contributed by atoms with Crippen molar-refractivity contribution >= 4 is 34.4 Å². The van der Waals surface area contributed by atoms with Gasteiger partial charge in [0.1, 0.15) is 0 Å². The van der Waals surface area contributed by atoms with Crippen molar-refractivity contribution in [1.82, 2.24) is 4.57 Å². The van der Waals surface area contributed by atoms with Crippen LogP contribution in [0.1, 0.15) is 9.60 Å². The van der Waals surface area contributed by atoms with Gasteiger partial charge in [-0.15, -0.1) is 0 Å². The number of rotatable bonds is 3. The van der Waals surface area contributed by atoms with E-state index in [0.29, 0.717) is 5.69 Å². The zero-order valence-electron chi connectivity index (χ0n) is 21.6. The second kappa shape index (κ2) is 6.68. The van der Waals surface area contributed by atoms with E-state index in [2.05, 4.69) is 0 Å². The van der Waals surface area contributed by atoms with E-state index in [1.807, 2.05) is 42.5 Å². The molecule has 3 nitrogen and oxygen atoms in total. The molecule has 0 aliphatic rings. The maximum atomic E-state index is 9.80. The fraction of sp³-hybridized carbons (Fsp3) is 0. The van der Waals surface area contributed by atoms with E-state index >= 15 is 0 Å². The van der Waals surface area contributed by atoms with Crippen molar-refractivity contribution in [3.63, 3.8) is 0 Å². The summed E-state index contributed by atoms with van der Waals surface area (Å²) < 4.78 is 60.4. The van der Waals surface area contributed by atoms with Gasteiger partial charge in [0.2, 0.25) is 0 Å². The minimum Gasteiger partial charge on any atom is -0.423 e. The highest BCUT2D eigenvalue weighted by atomic mass is 16.4. The van der Waals surface area contributed by atoms with Gasteiger partial charge >= 0.3 is 7.12 Å². The first-order valence-corrected chi connectivity index (χ1v) is 8.71. The number of hydrogen-bond donors (Lipinski definition) is 2. The van der Waals surface area contributed by atoms with E-state index in [-0.39, 0.29) is 27.8 Å². The van der Waals surface area contributed by atoms with Gasteiger partial charge in [-0.25, -0.2) is 0 Å². The molecular formula is C24H18BNO2. The minimum atomic E-state index is -2.19. The Hall–Kier alpha value is -3.34. The quantitative estimate of drug-likeness (QED) is 0.469. The first-order chi connectivity index (χ1) is 16.6. The molecule has 0 aliphatic carbocycles. The van der Waals surface area contributed by atoms with Crippen LogP contribution in [0.5, 0.6) is 0 Å². The normalized spacial score (nSPS) is 14.7. The predicted octanol–water partition coefficient (Wildman–Crippen LogP) is 4.13. The Morgan fingerprint density at radius 3 is 2.14 bits per heavy atom. The number of nitrogens with zero attached hydrogens (tertiary/aromatic N) is 1. The molecule has 0 saturated carbocycles. The van der Waals surface area contributed by atoms with Gasteiger partial charge in [-0.05, 0) is 40.8 Å². The van der Waals surface area contributed by atoms with E-state index in [1.165, 1.54) is 4.57 Å². The summed E-state index contributed by atoms with van der Waals surface area (Å²) in [6.07, 6.45) is 0. The van der Waals surface area contributed by atoms with Gasteiger partial charge in [0.15, 0.2) is 0 Å². The Balaban J connectivity index is 1.96.